The Kier molecular flexibility index (Phi) is 4.56. The topological polar surface area (TPSA) is 78.0 Å². The summed E-state index contributed by atoms with van der Waals surface area (Å²) in [5.41, 5.74) is 2.86. The van der Waals surface area contributed by atoms with Crippen LogP contribution >= 0.6 is 0 Å². The molecule has 1 amide bonds. The zero-order valence-corrected chi connectivity index (χ0v) is 17.4. The number of aryl methyl sites for hydroxylation is 2. The molecule has 0 spiro atoms. The fraction of sp³-hybridized carbons (Fsp3) is 0.455. The molecule has 2 bridgehead atoms. The third kappa shape index (κ3) is 3.26. The maximum absolute atomic E-state index is 13.2. The van der Waals surface area contributed by atoms with Gasteiger partial charge < -0.3 is 4.90 Å². The molecule has 0 radical (unpaired) electrons. The lowest BCUT2D eigenvalue weighted by Gasteiger charge is -2.28. The van der Waals surface area contributed by atoms with Gasteiger partial charge in [0.15, 0.2) is 0 Å². The third-order valence-corrected chi connectivity index (χ3v) is 6.28. The molecule has 1 fully saturated rings. The Bertz CT molecular complexity index is 1140. The van der Waals surface area contributed by atoms with Crippen LogP contribution in [0.5, 0.6) is 0 Å². The summed E-state index contributed by atoms with van der Waals surface area (Å²) >= 11 is 0. The molecular formula is C22H26N6O2. The second-order valence-corrected chi connectivity index (χ2v) is 8.43. The Labute approximate surface area is 174 Å². The summed E-state index contributed by atoms with van der Waals surface area (Å²) < 4.78 is 5.10. The predicted molar refractivity (Wildman–Crippen MR) is 111 cm³/mol. The van der Waals surface area contributed by atoms with E-state index in [1.54, 1.807) is 13.9 Å². The van der Waals surface area contributed by atoms with Crippen molar-refractivity contribution in [2.75, 3.05) is 0 Å². The van der Waals surface area contributed by atoms with E-state index in [-0.39, 0.29) is 30.2 Å². The highest BCUT2D eigenvalue weighted by Gasteiger charge is 2.41. The number of hydrogen-bond acceptors (Lipinski definition) is 4. The number of benzene rings is 1. The summed E-state index contributed by atoms with van der Waals surface area (Å²) in [6, 6.07) is 12.0. The number of aromatic nitrogens is 5. The molecule has 0 N–H and O–H groups in total. The highest BCUT2D eigenvalue weighted by molar-refractivity contribution is 5.77. The summed E-state index contributed by atoms with van der Waals surface area (Å²) in [6.07, 6.45) is 2.49. The van der Waals surface area contributed by atoms with Gasteiger partial charge in [-0.25, -0.2) is 9.48 Å². The first-order valence-electron chi connectivity index (χ1n) is 10.5. The van der Waals surface area contributed by atoms with Gasteiger partial charge in [-0.1, -0.05) is 30.3 Å². The molecule has 1 aromatic carbocycles. The predicted octanol–water partition coefficient (Wildman–Crippen LogP) is 1.52. The first-order chi connectivity index (χ1) is 14.5. The molecule has 1 saturated heterocycles. The van der Waals surface area contributed by atoms with Crippen molar-refractivity contribution in [1.29, 1.82) is 0 Å². The number of nitrogens with zero attached hydrogens (tertiary/aromatic N) is 6. The van der Waals surface area contributed by atoms with E-state index >= 15 is 0 Å². The van der Waals surface area contributed by atoms with Crippen LogP contribution in [0, 0.1) is 13.8 Å². The van der Waals surface area contributed by atoms with Crippen LogP contribution < -0.4 is 5.69 Å². The van der Waals surface area contributed by atoms with Crippen molar-refractivity contribution in [2.45, 2.75) is 64.8 Å². The molecule has 2 aliphatic heterocycles. The molecule has 2 aromatic heterocycles. The number of fused-ring (bicyclic) bond motifs is 3. The molecule has 8 heteroatoms. The lowest BCUT2D eigenvalue weighted by atomic mass is 10.1. The van der Waals surface area contributed by atoms with E-state index in [4.69, 9.17) is 0 Å². The van der Waals surface area contributed by atoms with Crippen LogP contribution in [0.25, 0.3) is 0 Å². The van der Waals surface area contributed by atoms with Crippen LogP contribution in [-0.2, 0) is 30.8 Å². The molecule has 30 heavy (non-hydrogen) atoms. The van der Waals surface area contributed by atoms with Crippen molar-refractivity contribution in [2.24, 2.45) is 0 Å². The lowest BCUT2D eigenvalue weighted by molar-refractivity contribution is -0.135. The summed E-state index contributed by atoms with van der Waals surface area (Å²) in [5, 5.41) is 9.06. The maximum Gasteiger partial charge on any atom is 0.346 e. The second-order valence-electron chi connectivity index (χ2n) is 8.43. The fourth-order valence-corrected chi connectivity index (χ4v) is 4.89. The largest absolute Gasteiger partial charge is 0.346 e. The molecule has 156 valence electrons. The molecule has 0 aliphatic carbocycles. The number of amides is 1. The van der Waals surface area contributed by atoms with Crippen LogP contribution in [0.4, 0.5) is 0 Å². The van der Waals surface area contributed by atoms with Gasteiger partial charge >= 0.3 is 5.69 Å². The van der Waals surface area contributed by atoms with Gasteiger partial charge in [-0.2, -0.15) is 10.2 Å². The zero-order valence-electron chi connectivity index (χ0n) is 17.4. The average molecular weight is 406 g/mol. The Hall–Kier alpha value is -3.16. The van der Waals surface area contributed by atoms with E-state index in [1.165, 1.54) is 0 Å². The van der Waals surface area contributed by atoms with Crippen LogP contribution in [-0.4, -0.2) is 47.0 Å². The van der Waals surface area contributed by atoms with Gasteiger partial charge in [0.25, 0.3) is 0 Å². The normalized spacial score (nSPS) is 20.3. The quantitative estimate of drug-likeness (QED) is 0.658. The van der Waals surface area contributed by atoms with Crippen LogP contribution in [0.3, 0.4) is 0 Å². The summed E-state index contributed by atoms with van der Waals surface area (Å²) in [7, 11) is 0. The van der Waals surface area contributed by atoms with Crippen molar-refractivity contribution in [3.63, 3.8) is 0 Å². The molecule has 8 nitrogen and oxygen atoms in total. The van der Waals surface area contributed by atoms with E-state index < -0.39 is 0 Å². The maximum atomic E-state index is 13.2. The minimum Gasteiger partial charge on any atom is -0.333 e. The highest BCUT2D eigenvalue weighted by Crippen LogP contribution is 2.30. The number of rotatable bonds is 4. The Balaban J connectivity index is 1.38. The molecule has 2 aliphatic rings. The van der Waals surface area contributed by atoms with Crippen molar-refractivity contribution >= 4 is 5.91 Å². The molecule has 0 saturated carbocycles. The smallest absolute Gasteiger partial charge is 0.333 e. The van der Waals surface area contributed by atoms with Gasteiger partial charge in [0.05, 0.1) is 18.3 Å². The van der Waals surface area contributed by atoms with Crippen LogP contribution in [0.15, 0.2) is 41.2 Å². The van der Waals surface area contributed by atoms with E-state index in [0.717, 1.165) is 35.6 Å². The van der Waals surface area contributed by atoms with Gasteiger partial charge in [-0.15, -0.1) is 0 Å². The SMILES string of the molecule is Cc1cc(C)n(CC(=O)N2C3CCC2Cn2c(nn(Cc4ccccc4)c2=O)C3)n1. The first kappa shape index (κ1) is 18.8. The standard InChI is InChI=1S/C22H26N6O2/c1-15-10-16(2)26(23-15)14-21(29)28-18-8-9-19(28)13-25-20(11-18)24-27(22(25)30)12-17-6-4-3-5-7-17/h3-7,10,18-19H,8-9,11-14H2,1-2H3. The Morgan fingerprint density at radius 3 is 2.57 bits per heavy atom. The van der Waals surface area contributed by atoms with Crippen LogP contribution in [0.2, 0.25) is 0 Å². The van der Waals surface area contributed by atoms with Gasteiger partial charge in [-0.05, 0) is 38.3 Å². The average Bonchev–Trinajstić information content (AvgIpc) is 3.30. The molecule has 5 rings (SSSR count). The number of hydrogen-bond donors (Lipinski definition) is 0. The first-order valence-corrected chi connectivity index (χ1v) is 10.5. The summed E-state index contributed by atoms with van der Waals surface area (Å²) in [4.78, 5) is 28.2. The van der Waals surface area contributed by atoms with Crippen LogP contribution in [0.1, 0.15) is 35.6 Å². The van der Waals surface area contributed by atoms with Crippen molar-refractivity contribution in [1.82, 2.24) is 29.0 Å². The van der Waals surface area contributed by atoms with Crippen molar-refractivity contribution in [3.8, 4) is 0 Å². The summed E-state index contributed by atoms with van der Waals surface area (Å²) in [5.74, 6) is 0.858. The van der Waals surface area contributed by atoms with Crippen molar-refractivity contribution < 1.29 is 4.79 Å². The molecule has 3 aromatic rings. The van der Waals surface area contributed by atoms with E-state index in [1.807, 2.05) is 55.1 Å². The molecule has 4 heterocycles. The highest BCUT2D eigenvalue weighted by atomic mass is 16.2. The minimum atomic E-state index is -0.0904. The lowest BCUT2D eigenvalue weighted by Crippen LogP contribution is -2.44. The van der Waals surface area contributed by atoms with E-state index in [0.29, 0.717) is 19.5 Å². The van der Waals surface area contributed by atoms with Gasteiger partial charge in [0, 0.05) is 24.7 Å². The zero-order chi connectivity index (χ0) is 20.8. The van der Waals surface area contributed by atoms with Gasteiger partial charge in [0.2, 0.25) is 5.91 Å². The van der Waals surface area contributed by atoms with E-state index in [2.05, 4.69) is 10.2 Å². The molecule has 2 atom stereocenters. The number of carbonyl (C=O) groups excluding carboxylic acids is 1. The molecule has 2 unspecified atom stereocenters. The number of carbonyl (C=O) groups is 1. The summed E-state index contributed by atoms with van der Waals surface area (Å²) in [6.45, 7) is 5.13. The van der Waals surface area contributed by atoms with Gasteiger partial charge in [0.1, 0.15) is 12.4 Å². The molecular weight excluding hydrogens is 380 g/mol. The van der Waals surface area contributed by atoms with Crippen molar-refractivity contribution in [3.05, 3.63) is 69.7 Å². The van der Waals surface area contributed by atoms with Gasteiger partial charge in [-0.3, -0.25) is 14.0 Å². The fourth-order valence-electron chi connectivity index (χ4n) is 4.89. The second kappa shape index (κ2) is 7.27. The minimum absolute atomic E-state index is 0.0350. The van der Waals surface area contributed by atoms with E-state index in [9.17, 15) is 9.59 Å². The Morgan fingerprint density at radius 1 is 1.07 bits per heavy atom. The Morgan fingerprint density at radius 2 is 1.83 bits per heavy atom. The monoisotopic (exact) mass is 406 g/mol. The third-order valence-electron chi connectivity index (χ3n) is 6.28.